The molecule has 0 radical (unpaired) electrons. The van der Waals surface area contributed by atoms with Crippen LogP contribution in [0.2, 0.25) is 5.02 Å². The number of rotatable bonds is 5. The molecule has 2 N–H and O–H groups in total. The van der Waals surface area contributed by atoms with Crippen LogP contribution >= 0.6 is 11.6 Å². The van der Waals surface area contributed by atoms with Gasteiger partial charge in [0.15, 0.2) is 0 Å². The van der Waals surface area contributed by atoms with Crippen molar-refractivity contribution in [2.75, 3.05) is 5.32 Å². The first-order valence-electron chi connectivity index (χ1n) is 8.45. The summed E-state index contributed by atoms with van der Waals surface area (Å²) in [5, 5.41) is 12.9. The van der Waals surface area contributed by atoms with Crippen LogP contribution in [-0.2, 0) is 4.79 Å². The van der Waals surface area contributed by atoms with Crippen LogP contribution in [0.5, 0.6) is 0 Å². The van der Waals surface area contributed by atoms with E-state index >= 15 is 0 Å². The summed E-state index contributed by atoms with van der Waals surface area (Å²) in [5.74, 6) is -2.05. The molecule has 0 aliphatic carbocycles. The summed E-state index contributed by atoms with van der Waals surface area (Å²) in [5.41, 5.74) is 3.15. The van der Waals surface area contributed by atoms with E-state index < -0.39 is 11.9 Å². The molecule has 0 aliphatic heterocycles. The molecule has 0 saturated heterocycles. The molecule has 27 heavy (non-hydrogen) atoms. The summed E-state index contributed by atoms with van der Waals surface area (Å²) < 4.78 is 0. The highest BCUT2D eigenvalue weighted by Crippen LogP contribution is 2.35. The molecule has 0 bridgehead atoms. The van der Waals surface area contributed by atoms with Gasteiger partial charge < -0.3 is 10.4 Å². The summed E-state index contributed by atoms with van der Waals surface area (Å²) in [6.07, 6.45) is 0. The van der Waals surface area contributed by atoms with Gasteiger partial charge in [-0.05, 0) is 42.3 Å². The second-order valence-electron chi connectivity index (χ2n) is 6.16. The van der Waals surface area contributed by atoms with Gasteiger partial charge in [-0.25, -0.2) is 0 Å². The number of hydrogen-bond donors (Lipinski definition) is 2. The predicted molar refractivity (Wildman–Crippen MR) is 107 cm³/mol. The van der Waals surface area contributed by atoms with Gasteiger partial charge in [-0.1, -0.05) is 60.1 Å². The molecule has 3 aromatic carbocycles. The zero-order valence-corrected chi connectivity index (χ0v) is 15.4. The Hall–Kier alpha value is -3.11. The van der Waals surface area contributed by atoms with Crippen LogP contribution in [0.3, 0.4) is 0 Å². The van der Waals surface area contributed by atoms with Crippen molar-refractivity contribution in [3.63, 3.8) is 0 Å². The van der Waals surface area contributed by atoms with Crippen molar-refractivity contribution in [1.82, 2.24) is 0 Å². The van der Waals surface area contributed by atoms with Crippen LogP contribution in [-0.4, -0.2) is 17.0 Å². The lowest BCUT2D eigenvalue weighted by Gasteiger charge is -2.18. The van der Waals surface area contributed by atoms with Crippen LogP contribution in [0.15, 0.2) is 72.8 Å². The number of aliphatic carboxylic acids is 1. The van der Waals surface area contributed by atoms with Crippen LogP contribution < -0.4 is 5.32 Å². The van der Waals surface area contributed by atoms with E-state index in [1.807, 2.05) is 36.4 Å². The normalized spacial score (nSPS) is 11.6. The first-order valence-corrected chi connectivity index (χ1v) is 8.83. The van der Waals surface area contributed by atoms with E-state index in [1.165, 1.54) is 0 Å². The third-order valence-corrected chi connectivity index (χ3v) is 4.62. The molecule has 0 saturated carbocycles. The molecule has 136 valence electrons. The highest BCUT2D eigenvalue weighted by molar-refractivity contribution is 6.30. The Bertz CT molecular complexity index is 969. The Balaban J connectivity index is 2.08. The van der Waals surface area contributed by atoms with Crippen molar-refractivity contribution in [1.29, 1.82) is 0 Å². The van der Waals surface area contributed by atoms with E-state index in [0.29, 0.717) is 21.8 Å². The molecule has 0 spiro atoms. The van der Waals surface area contributed by atoms with E-state index in [0.717, 1.165) is 11.1 Å². The maximum atomic E-state index is 12.8. The molecule has 4 nitrogen and oxygen atoms in total. The highest BCUT2D eigenvalue weighted by Gasteiger charge is 2.22. The Morgan fingerprint density at radius 2 is 1.59 bits per heavy atom. The van der Waals surface area contributed by atoms with Crippen molar-refractivity contribution in [2.24, 2.45) is 0 Å². The standard InChI is InChI=1S/C22H18ClNO3/c1-14(22(26)27)18-8-5-9-19(15-6-3-2-4-7-15)20(18)24-21(25)16-10-12-17(23)13-11-16/h2-14H,1H3,(H,24,25)(H,26,27). The molecule has 0 aromatic heterocycles. The fourth-order valence-electron chi connectivity index (χ4n) is 2.85. The highest BCUT2D eigenvalue weighted by atomic mass is 35.5. The SMILES string of the molecule is CC(C(=O)O)c1cccc(-c2ccccc2)c1NC(=O)c1ccc(Cl)cc1. The average Bonchev–Trinajstić information content (AvgIpc) is 2.68. The van der Waals surface area contributed by atoms with Gasteiger partial charge in [0.2, 0.25) is 0 Å². The topological polar surface area (TPSA) is 66.4 Å². The number of amides is 1. The lowest BCUT2D eigenvalue weighted by Crippen LogP contribution is -2.17. The number of carbonyl (C=O) groups excluding carboxylic acids is 1. The molecule has 1 unspecified atom stereocenters. The minimum Gasteiger partial charge on any atom is -0.481 e. The fourth-order valence-corrected chi connectivity index (χ4v) is 2.97. The third-order valence-electron chi connectivity index (χ3n) is 4.36. The van der Waals surface area contributed by atoms with Crippen molar-refractivity contribution in [3.8, 4) is 11.1 Å². The van der Waals surface area contributed by atoms with E-state index in [1.54, 1.807) is 43.3 Å². The number of para-hydroxylation sites is 1. The van der Waals surface area contributed by atoms with Gasteiger partial charge in [0, 0.05) is 16.1 Å². The number of carboxylic acids is 1. The fraction of sp³-hybridized carbons (Fsp3) is 0.0909. The maximum Gasteiger partial charge on any atom is 0.310 e. The van der Waals surface area contributed by atoms with Gasteiger partial charge in [-0.15, -0.1) is 0 Å². The van der Waals surface area contributed by atoms with Crippen molar-refractivity contribution < 1.29 is 14.7 Å². The van der Waals surface area contributed by atoms with E-state index in [4.69, 9.17) is 11.6 Å². The van der Waals surface area contributed by atoms with Crippen LogP contribution in [0, 0.1) is 0 Å². The molecule has 0 aliphatic rings. The van der Waals surface area contributed by atoms with Gasteiger partial charge in [0.25, 0.3) is 5.91 Å². The van der Waals surface area contributed by atoms with Crippen molar-refractivity contribution in [2.45, 2.75) is 12.8 Å². The van der Waals surface area contributed by atoms with Gasteiger partial charge in [-0.3, -0.25) is 9.59 Å². The molecular formula is C22H18ClNO3. The third kappa shape index (κ3) is 4.18. The summed E-state index contributed by atoms with van der Waals surface area (Å²) >= 11 is 5.89. The Labute approximate surface area is 162 Å². The first kappa shape index (κ1) is 18.7. The zero-order chi connectivity index (χ0) is 19.4. The Morgan fingerprint density at radius 3 is 2.22 bits per heavy atom. The quantitative estimate of drug-likeness (QED) is 0.619. The molecule has 3 rings (SSSR count). The second kappa shape index (κ2) is 8.06. The van der Waals surface area contributed by atoms with E-state index in [-0.39, 0.29) is 5.91 Å². The largest absolute Gasteiger partial charge is 0.481 e. The van der Waals surface area contributed by atoms with Gasteiger partial charge in [-0.2, -0.15) is 0 Å². The minimum absolute atomic E-state index is 0.325. The average molecular weight is 380 g/mol. The Morgan fingerprint density at radius 1 is 0.926 bits per heavy atom. The van der Waals surface area contributed by atoms with Crippen LogP contribution in [0.25, 0.3) is 11.1 Å². The van der Waals surface area contributed by atoms with Crippen molar-refractivity contribution in [3.05, 3.63) is 88.9 Å². The number of nitrogens with one attached hydrogen (secondary N) is 1. The number of hydrogen-bond acceptors (Lipinski definition) is 2. The number of carbonyl (C=O) groups is 2. The molecule has 1 atom stereocenters. The van der Waals surface area contributed by atoms with E-state index in [9.17, 15) is 14.7 Å². The molecule has 0 fully saturated rings. The molecule has 3 aromatic rings. The lowest BCUT2D eigenvalue weighted by atomic mass is 9.93. The first-order chi connectivity index (χ1) is 13.0. The number of benzene rings is 3. The maximum absolute atomic E-state index is 12.8. The molecule has 0 heterocycles. The van der Waals surface area contributed by atoms with E-state index in [2.05, 4.69) is 5.32 Å². The Kier molecular flexibility index (Phi) is 5.57. The lowest BCUT2D eigenvalue weighted by molar-refractivity contribution is -0.138. The monoisotopic (exact) mass is 379 g/mol. The summed E-state index contributed by atoms with van der Waals surface area (Å²) in [6, 6.07) is 21.5. The second-order valence-corrected chi connectivity index (χ2v) is 6.59. The predicted octanol–water partition coefficient (Wildman–Crippen LogP) is 5.45. The molecule has 1 amide bonds. The zero-order valence-electron chi connectivity index (χ0n) is 14.6. The van der Waals surface area contributed by atoms with Gasteiger partial charge in [0.1, 0.15) is 0 Å². The molecule has 5 heteroatoms. The summed E-state index contributed by atoms with van der Waals surface area (Å²) in [4.78, 5) is 24.3. The number of carboxylic acid groups (broad SMARTS) is 1. The van der Waals surface area contributed by atoms with Gasteiger partial charge >= 0.3 is 5.97 Å². The number of anilines is 1. The van der Waals surface area contributed by atoms with Crippen molar-refractivity contribution >= 4 is 29.2 Å². The van der Waals surface area contributed by atoms with Crippen LogP contribution in [0.4, 0.5) is 5.69 Å². The van der Waals surface area contributed by atoms with Gasteiger partial charge in [0.05, 0.1) is 11.6 Å². The van der Waals surface area contributed by atoms with Crippen LogP contribution in [0.1, 0.15) is 28.8 Å². The smallest absolute Gasteiger partial charge is 0.310 e. The minimum atomic E-state index is -0.956. The number of halogens is 1. The summed E-state index contributed by atoms with van der Waals surface area (Å²) in [6.45, 7) is 1.60. The summed E-state index contributed by atoms with van der Waals surface area (Å²) in [7, 11) is 0. The molecular weight excluding hydrogens is 362 g/mol.